The highest BCUT2D eigenvalue weighted by Gasteiger charge is 2.47. The molecular weight excluding hydrogens is 413 g/mol. The molecule has 6 nitrogen and oxygen atoms in total. The van der Waals surface area contributed by atoms with Crippen molar-refractivity contribution in [2.75, 3.05) is 19.8 Å². The third-order valence-corrected chi connectivity index (χ3v) is 5.56. The summed E-state index contributed by atoms with van der Waals surface area (Å²) in [4.78, 5) is 25.7. The van der Waals surface area contributed by atoms with Gasteiger partial charge in [-0.1, -0.05) is 30.3 Å². The quantitative estimate of drug-likeness (QED) is 0.505. The second-order valence-corrected chi connectivity index (χ2v) is 8.32. The van der Waals surface area contributed by atoms with Gasteiger partial charge in [0.15, 0.2) is 6.61 Å². The van der Waals surface area contributed by atoms with Crippen molar-refractivity contribution < 1.29 is 28.2 Å². The van der Waals surface area contributed by atoms with Crippen LogP contribution in [-0.2, 0) is 27.1 Å². The smallest absolute Gasteiger partial charge is 0.410 e. The first-order valence-corrected chi connectivity index (χ1v) is 10.9. The number of carbonyl (C=O) groups excluding carboxylic acids is 2. The van der Waals surface area contributed by atoms with Gasteiger partial charge in [-0.15, -0.1) is 0 Å². The number of rotatable bonds is 10. The van der Waals surface area contributed by atoms with Gasteiger partial charge >= 0.3 is 12.1 Å². The van der Waals surface area contributed by atoms with Gasteiger partial charge in [0.1, 0.15) is 17.2 Å². The largest absolute Gasteiger partial charge is 0.482 e. The number of aryl methyl sites for hydroxylation is 1. The van der Waals surface area contributed by atoms with Gasteiger partial charge in [-0.25, -0.2) is 14.0 Å². The Labute approximate surface area is 188 Å². The Morgan fingerprint density at radius 1 is 1.19 bits per heavy atom. The molecule has 1 heterocycles. The molecule has 1 amide bonds. The second-order valence-electron chi connectivity index (χ2n) is 8.32. The van der Waals surface area contributed by atoms with Crippen molar-refractivity contribution in [2.45, 2.75) is 51.7 Å². The normalized spacial score (nSPS) is 17.2. The average molecular weight is 444 g/mol. The molecule has 7 heteroatoms. The van der Waals surface area contributed by atoms with Crippen LogP contribution in [0.5, 0.6) is 5.75 Å². The molecule has 3 rings (SSSR count). The molecule has 0 bridgehead atoms. The molecule has 1 aliphatic rings. The van der Waals surface area contributed by atoms with Crippen LogP contribution in [0.1, 0.15) is 38.3 Å². The number of cyclic esters (lactones) is 1. The number of halogens is 1. The fourth-order valence-electron chi connectivity index (χ4n) is 3.91. The molecule has 0 radical (unpaired) electrons. The van der Waals surface area contributed by atoms with E-state index in [9.17, 15) is 14.0 Å². The molecule has 1 atom stereocenters. The number of amides is 1. The van der Waals surface area contributed by atoms with Gasteiger partial charge in [0.05, 0.1) is 12.6 Å². The zero-order valence-corrected chi connectivity index (χ0v) is 18.8. The molecule has 32 heavy (non-hydrogen) atoms. The summed E-state index contributed by atoms with van der Waals surface area (Å²) in [6.45, 7) is 6.06. The lowest BCUT2D eigenvalue weighted by Crippen LogP contribution is -2.43. The minimum atomic E-state index is -0.612. The number of benzene rings is 2. The standard InChI is InChI=1S/C25H30FNO5/c1-4-30-23(28)17-31-20-12-13-21(26)19(16-20)11-8-14-27-22(25(2,3)32-24(27)29)15-18-9-6-5-7-10-18/h5-7,9-10,12-13,16,22H,4,8,11,14-15,17H2,1-3H3. The van der Waals surface area contributed by atoms with Gasteiger partial charge in [-0.2, -0.15) is 0 Å². The Morgan fingerprint density at radius 3 is 2.66 bits per heavy atom. The zero-order valence-electron chi connectivity index (χ0n) is 18.8. The highest BCUT2D eigenvalue weighted by Crippen LogP contribution is 2.32. The van der Waals surface area contributed by atoms with Crippen molar-refractivity contribution in [1.82, 2.24) is 4.90 Å². The summed E-state index contributed by atoms with van der Waals surface area (Å²) in [5, 5.41) is 0. The van der Waals surface area contributed by atoms with E-state index in [-0.39, 0.29) is 31.2 Å². The number of carbonyl (C=O) groups is 2. The van der Waals surface area contributed by atoms with Gasteiger partial charge in [-0.05, 0) is 69.4 Å². The maximum Gasteiger partial charge on any atom is 0.410 e. The van der Waals surface area contributed by atoms with Crippen LogP contribution in [0, 0.1) is 5.82 Å². The number of ether oxygens (including phenoxy) is 3. The number of hydrogen-bond acceptors (Lipinski definition) is 5. The monoisotopic (exact) mass is 443 g/mol. The van der Waals surface area contributed by atoms with Crippen LogP contribution < -0.4 is 4.74 Å². The molecule has 172 valence electrons. The third-order valence-electron chi connectivity index (χ3n) is 5.56. The second kappa shape index (κ2) is 10.5. The summed E-state index contributed by atoms with van der Waals surface area (Å²) in [5.74, 6) is -0.422. The van der Waals surface area contributed by atoms with Crippen LogP contribution in [0.3, 0.4) is 0 Å². The minimum absolute atomic E-state index is 0.110. The van der Waals surface area contributed by atoms with Crippen LogP contribution in [0.4, 0.5) is 9.18 Å². The molecule has 1 saturated heterocycles. The lowest BCUT2D eigenvalue weighted by atomic mass is 9.92. The molecule has 1 fully saturated rings. The van der Waals surface area contributed by atoms with Gasteiger partial charge in [0.25, 0.3) is 0 Å². The third kappa shape index (κ3) is 5.99. The molecule has 1 unspecified atom stereocenters. The Bertz CT molecular complexity index is 931. The lowest BCUT2D eigenvalue weighted by Gasteiger charge is -2.29. The average Bonchev–Trinajstić information content (AvgIpc) is 2.97. The zero-order chi connectivity index (χ0) is 23.1. The van der Waals surface area contributed by atoms with Gasteiger partial charge in [-0.3, -0.25) is 0 Å². The van der Waals surface area contributed by atoms with E-state index in [0.29, 0.717) is 37.1 Å². The molecule has 2 aromatic carbocycles. The lowest BCUT2D eigenvalue weighted by molar-refractivity contribution is -0.145. The predicted octanol–water partition coefficient (Wildman–Crippen LogP) is 4.54. The Morgan fingerprint density at radius 2 is 1.94 bits per heavy atom. The van der Waals surface area contributed by atoms with E-state index in [4.69, 9.17) is 14.2 Å². The Balaban J connectivity index is 1.61. The molecule has 0 spiro atoms. The SMILES string of the molecule is CCOC(=O)COc1ccc(F)c(CCCN2C(=O)OC(C)(C)C2Cc2ccccc2)c1. The summed E-state index contributed by atoms with van der Waals surface area (Å²) in [5.41, 5.74) is 0.989. The summed E-state index contributed by atoms with van der Waals surface area (Å²) in [7, 11) is 0. The van der Waals surface area contributed by atoms with Crippen LogP contribution >= 0.6 is 0 Å². The van der Waals surface area contributed by atoms with Crippen molar-refractivity contribution in [3.63, 3.8) is 0 Å². The van der Waals surface area contributed by atoms with Crippen LogP contribution in [0.15, 0.2) is 48.5 Å². The molecule has 0 N–H and O–H groups in total. The summed E-state index contributed by atoms with van der Waals surface area (Å²) in [6.07, 6.45) is 1.33. The molecule has 0 aliphatic carbocycles. The van der Waals surface area contributed by atoms with Crippen molar-refractivity contribution in [2.24, 2.45) is 0 Å². The van der Waals surface area contributed by atoms with Gasteiger partial charge in [0, 0.05) is 6.54 Å². The summed E-state index contributed by atoms with van der Waals surface area (Å²) >= 11 is 0. The van der Waals surface area contributed by atoms with Crippen molar-refractivity contribution >= 4 is 12.1 Å². The van der Waals surface area contributed by atoms with Crippen LogP contribution in [0.25, 0.3) is 0 Å². The van der Waals surface area contributed by atoms with E-state index in [2.05, 4.69) is 0 Å². The molecular formula is C25H30FNO5. The van der Waals surface area contributed by atoms with Gasteiger partial charge in [0.2, 0.25) is 0 Å². The van der Waals surface area contributed by atoms with E-state index < -0.39 is 11.6 Å². The minimum Gasteiger partial charge on any atom is -0.482 e. The van der Waals surface area contributed by atoms with Crippen molar-refractivity contribution in [1.29, 1.82) is 0 Å². The summed E-state index contributed by atoms with van der Waals surface area (Å²) < 4.78 is 30.1. The highest BCUT2D eigenvalue weighted by atomic mass is 19.1. The van der Waals surface area contributed by atoms with Crippen molar-refractivity contribution in [3.05, 3.63) is 65.5 Å². The first kappa shape index (κ1) is 23.6. The first-order chi connectivity index (χ1) is 15.3. The Hall–Kier alpha value is -3.09. The van der Waals surface area contributed by atoms with Crippen molar-refractivity contribution in [3.8, 4) is 5.75 Å². The van der Waals surface area contributed by atoms with E-state index in [0.717, 1.165) is 5.56 Å². The fraction of sp³-hybridized carbons (Fsp3) is 0.440. The number of esters is 1. The van der Waals surface area contributed by atoms with E-state index >= 15 is 0 Å². The summed E-state index contributed by atoms with van der Waals surface area (Å²) in [6, 6.07) is 14.3. The van der Waals surface area contributed by atoms with Gasteiger partial charge < -0.3 is 19.1 Å². The highest BCUT2D eigenvalue weighted by molar-refractivity contribution is 5.71. The Kier molecular flexibility index (Phi) is 7.72. The molecule has 1 aliphatic heterocycles. The first-order valence-electron chi connectivity index (χ1n) is 10.9. The van der Waals surface area contributed by atoms with E-state index in [1.54, 1.807) is 17.9 Å². The number of nitrogens with zero attached hydrogens (tertiary/aromatic N) is 1. The maximum absolute atomic E-state index is 14.3. The van der Waals surface area contributed by atoms with E-state index in [1.807, 2.05) is 44.2 Å². The molecule has 2 aromatic rings. The van der Waals surface area contributed by atoms with Crippen LogP contribution in [-0.4, -0.2) is 48.4 Å². The number of hydrogen-bond donors (Lipinski definition) is 0. The molecule has 0 saturated carbocycles. The predicted molar refractivity (Wildman–Crippen MR) is 118 cm³/mol. The molecule has 0 aromatic heterocycles. The topological polar surface area (TPSA) is 65.1 Å². The van der Waals surface area contributed by atoms with E-state index in [1.165, 1.54) is 12.1 Å². The van der Waals surface area contributed by atoms with Crippen LogP contribution in [0.2, 0.25) is 0 Å². The maximum atomic E-state index is 14.3. The fourth-order valence-corrected chi connectivity index (χ4v) is 3.91.